The topological polar surface area (TPSA) is 66.5 Å². The molecule has 1 amide bonds. The van der Waals surface area contributed by atoms with Crippen molar-refractivity contribution in [2.24, 2.45) is 0 Å². The number of aryl methyl sites for hydroxylation is 1. The summed E-state index contributed by atoms with van der Waals surface area (Å²) in [5.41, 5.74) is 0.997. The predicted octanol–water partition coefficient (Wildman–Crippen LogP) is 3.82. The fraction of sp³-hybridized carbons (Fsp3) is 0.278. The number of likely N-dealkylation sites (tertiary alicyclic amines) is 1. The first-order valence-electron chi connectivity index (χ1n) is 8.16. The van der Waals surface area contributed by atoms with Gasteiger partial charge in [-0.25, -0.2) is 12.8 Å². The Balaban J connectivity index is 2.00. The van der Waals surface area contributed by atoms with Crippen LogP contribution in [0.2, 0.25) is 5.02 Å². The molecule has 0 aromatic heterocycles. The predicted molar refractivity (Wildman–Crippen MR) is 98.5 cm³/mol. The van der Waals surface area contributed by atoms with Crippen molar-refractivity contribution in [1.29, 1.82) is 0 Å². The highest BCUT2D eigenvalue weighted by Crippen LogP contribution is 2.28. The molecule has 0 bridgehead atoms. The molecule has 0 aliphatic carbocycles. The Bertz CT molecular complexity index is 957. The molecule has 138 valence electrons. The van der Waals surface area contributed by atoms with Crippen LogP contribution in [0.1, 0.15) is 28.8 Å². The molecule has 0 spiro atoms. The third kappa shape index (κ3) is 3.68. The van der Waals surface area contributed by atoms with Crippen LogP contribution in [-0.4, -0.2) is 32.3 Å². The average Bonchev–Trinajstić information content (AvgIpc) is 3.10. The molecule has 1 heterocycles. The van der Waals surface area contributed by atoms with Crippen LogP contribution in [0.25, 0.3) is 0 Å². The lowest BCUT2D eigenvalue weighted by Crippen LogP contribution is -2.29. The smallest absolute Gasteiger partial charge is 0.264 e. The summed E-state index contributed by atoms with van der Waals surface area (Å²) in [6.07, 6.45) is 1.85. The monoisotopic (exact) mass is 396 g/mol. The summed E-state index contributed by atoms with van der Waals surface area (Å²) in [6.45, 7) is 2.98. The zero-order chi connectivity index (χ0) is 18.9. The lowest BCUT2D eigenvalue weighted by atomic mass is 10.1. The van der Waals surface area contributed by atoms with E-state index in [9.17, 15) is 17.6 Å². The van der Waals surface area contributed by atoms with E-state index in [0.29, 0.717) is 18.7 Å². The van der Waals surface area contributed by atoms with Gasteiger partial charge in [0.15, 0.2) is 0 Å². The van der Waals surface area contributed by atoms with Crippen molar-refractivity contribution < 1.29 is 17.6 Å². The number of anilines is 1. The fourth-order valence-corrected chi connectivity index (χ4v) is 4.33. The van der Waals surface area contributed by atoms with Crippen molar-refractivity contribution in [2.45, 2.75) is 24.7 Å². The lowest BCUT2D eigenvalue weighted by Gasteiger charge is -2.20. The first-order chi connectivity index (χ1) is 12.3. The summed E-state index contributed by atoms with van der Waals surface area (Å²) in [5.74, 6) is -1.19. The molecule has 1 N–H and O–H groups in total. The van der Waals surface area contributed by atoms with Gasteiger partial charge in [0.05, 0.1) is 11.3 Å². The standard InChI is InChI=1S/C18H18ClFN2O3S/c1-12-5-4-6-14(18(23)22-9-2-3-10-22)17(12)21-26(24,25)16-8-7-13(19)11-15(16)20/h4-8,11,21H,2-3,9-10H2,1H3. The number of sulfonamides is 1. The van der Waals surface area contributed by atoms with E-state index >= 15 is 0 Å². The summed E-state index contributed by atoms with van der Waals surface area (Å²) >= 11 is 5.69. The van der Waals surface area contributed by atoms with Crippen LogP contribution in [-0.2, 0) is 10.0 Å². The van der Waals surface area contributed by atoms with Gasteiger partial charge in [0.25, 0.3) is 15.9 Å². The van der Waals surface area contributed by atoms with Crippen molar-refractivity contribution in [1.82, 2.24) is 4.90 Å². The SMILES string of the molecule is Cc1cccc(C(=O)N2CCCC2)c1NS(=O)(=O)c1ccc(Cl)cc1F. The molecular formula is C18H18ClFN2O3S. The van der Waals surface area contributed by atoms with E-state index in [0.717, 1.165) is 25.0 Å². The number of carbonyl (C=O) groups is 1. The van der Waals surface area contributed by atoms with E-state index in [4.69, 9.17) is 11.6 Å². The molecule has 26 heavy (non-hydrogen) atoms. The van der Waals surface area contributed by atoms with Crippen molar-refractivity contribution in [3.63, 3.8) is 0 Å². The first-order valence-corrected chi connectivity index (χ1v) is 10.0. The van der Waals surface area contributed by atoms with E-state index in [2.05, 4.69) is 4.72 Å². The highest BCUT2D eigenvalue weighted by Gasteiger charge is 2.26. The van der Waals surface area contributed by atoms with Gasteiger partial charge >= 0.3 is 0 Å². The molecule has 1 aliphatic heterocycles. The van der Waals surface area contributed by atoms with Crippen molar-refractivity contribution in [3.05, 3.63) is 58.4 Å². The molecule has 5 nitrogen and oxygen atoms in total. The van der Waals surface area contributed by atoms with Gasteiger partial charge in [0.1, 0.15) is 10.7 Å². The van der Waals surface area contributed by atoms with E-state index < -0.39 is 20.7 Å². The number of nitrogens with zero attached hydrogens (tertiary/aromatic N) is 1. The first kappa shape index (κ1) is 18.7. The molecule has 2 aromatic carbocycles. The van der Waals surface area contributed by atoms with Crippen LogP contribution in [0.5, 0.6) is 0 Å². The van der Waals surface area contributed by atoms with Crippen LogP contribution < -0.4 is 4.72 Å². The lowest BCUT2D eigenvalue weighted by molar-refractivity contribution is 0.0794. The summed E-state index contributed by atoms with van der Waals surface area (Å²) in [7, 11) is -4.22. The largest absolute Gasteiger partial charge is 0.339 e. The summed E-state index contributed by atoms with van der Waals surface area (Å²) in [6, 6.07) is 8.29. The minimum absolute atomic E-state index is 0.0993. The highest BCUT2D eigenvalue weighted by atomic mass is 35.5. The number of para-hydroxylation sites is 1. The fourth-order valence-electron chi connectivity index (χ4n) is 2.95. The molecule has 0 saturated carbocycles. The normalized spacial score (nSPS) is 14.5. The summed E-state index contributed by atoms with van der Waals surface area (Å²) in [5, 5.41) is 0.0993. The minimum Gasteiger partial charge on any atom is -0.339 e. The van der Waals surface area contributed by atoms with Gasteiger partial charge in [0.2, 0.25) is 0 Å². The van der Waals surface area contributed by atoms with Gasteiger partial charge in [-0.05, 0) is 49.6 Å². The van der Waals surface area contributed by atoms with Crippen LogP contribution in [0.3, 0.4) is 0 Å². The van der Waals surface area contributed by atoms with E-state index in [1.807, 2.05) is 0 Å². The van der Waals surface area contributed by atoms with Crippen molar-refractivity contribution in [2.75, 3.05) is 17.8 Å². The van der Waals surface area contributed by atoms with Crippen LogP contribution >= 0.6 is 11.6 Å². The second kappa shape index (κ2) is 7.25. The number of rotatable bonds is 4. The van der Waals surface area contributed by atoms with Crippen molar-refractivity contribution >= 4 is 33.2 Å². The van der Waals surface area contributed by atoms with E-state index in [-0.39, 0.29) is 22.2 Å². The molecule has 2 aromatic rings. The minimum atomic E-state index is -4.22. The number of hydrogen-bond acceptors (Lipinski definition) is 3. The zero-order valence-corrected chi connectivity index (χ0v) is 15.7. The van der Waals surface area contributed by atoms with Gasteiger partial charge in [-0.1, -0.05) is 23.7 Å². The van der Waals surface area contributed by atoms with Crippen molar-refractivity contribution in [3.8, 4) is 0 Å². The summed E-state index contributed by atoms with van der Waals surface area (Å²) in [4.78, 5) is 13.9. The Kier molecular flexibility index (Phi) is 5.20. The second-order valence-electron chi connectivity index (χ2n) is 6.18. The second-order valence-corrected chi connectivity index (χ2v) is 8.26. The highest BCUT2D eigenvalue weighted by molar-refractivity contribution is 7.92. The Morgan fingerprint density at radius 3 is 2.54 bits per heavy atom. The average molecular weight is 397 g/mol. The molecule has 3 rings (SSSR count). The third-order valence-corrected chi connectivity index (χ3v) is 5.93. The van der Waals surface area contributed by atoms with Gasteiger partial charge in [-0.2, -0.15) is 0 Å². The number of halogens is 2. The van der Waals surface area contributed by atoms with Gasteiger partial charge in [0, 0.05) is 18.1 Å². The maximum absolute atomic E-state index is 14.1. The van der Waals surface area contributed by atoms with Gasteiger partial charge in [-0.15, -0.1) is 0 Å². The molecule has 0 atom stereocenters. The Hall–Kier alpha value is -2.12. The van der Waals surface area contributed by atoms with Gasteiger partial charge < -0.3 is 4.90 Å². The van der Waals surface area contributed by atoms with Crippen LogP contribution in [0.4, 0.5) is 10.1 Å². The molecule has 1 fully saturated rings. The molecule has 1 saturated heterocycles. The van der Waals surface area contributed by atoms with Crippen LogP contribution in [0.15, 0.2) is 41.3 Å². The zero-order valence-electron chi connectivity index (χ0n) is 14.1. The maximum Gasteiger partial charge on any atom is 0.264 e. The number of carbonyl (C=O) groups excluding carboxylic acids is 1. The molecule has 1 aliphatic rings. The number of hydrogen-bond donors (Lipinski definition) is 1. The Morgan fingerprint density at radius 2 is 1.88 bits per heavy atom. The molecule has 0 radical (unpaired) electrons. The molecule has 8 heteroatoms. The summed E-state index contributed by atoms with van der Waals surface area (Å²) < 4.78 is 41.8. The number of benzene rings is 2. The quantitative estimate of drug-likeness (QED) is 0.854. The number of amides is 1. The number of nitrogens with one attached hydrogen (secondary N) is 1. The Morgan fingerprint density at radius 1 is 1.19 bits per heavy atom. The third-order valence-electron chi connectivity index (χ3n) is 4.32. The van der Waals surface area contributed by atoms with Gasteiger partial charge in [-0.3, -0.25) is 9.52 Å². The van der Waals surface area contributed by atoms with E-state index in [1.165, 1.54) is 6.07 Å². The molecular weight excluding hydrogens is 379 g/mol. The maximum atomic E-state index is 14.1. The molecule has 0 unspecified atom stereocenters. The van der Waals surface area contributed by atoms with Crippen LogP contribution in [0, 0.1) is 12.7 Å². The Labute approximate surface area is 156 Å². The van der Waals surface area contributed by atoms with E-state index in [1.54, 1.807) is 30.0 Å².